The molecule has 0 radical (unpaired) electrons. The van der Waals surface area contributed by atoms with Crippen molar-refractivity contribution in [3.63, 3.8) is 0 Å². The molecule has 2 aromatic rings. The van der Waals surface area contributed by atoms with Crippen LogP contribution in [-0.2, 0) is 13.0 Å². The molecule has 2 heterocycles. The van der Waals surface area contributed by atoms with Gasteiger partial charge in [-0.15, -0.1) is 0 Å². The van der Waals surface area contributed by atoms with Crippen LogP contribution in [0.2, 0.25) is 0 Å². The molecule has 1 unspecified atom stereocenters. The zero-order valence-electron chi connectivity index (χ0n) is 10.2. The summed E-state index contributed by atoms with van der Waals surface area (Å²) in [6.45, 7) is 4.36. The summed E-state index contributed by atoms with van der Waals surface area (Å²) in [5.41, 5.74) is 4.28. The number of hydrogen-bond acceptors (Lipinski definition) is 1. The van der Waals surface area contributed by atoms with E-state index in [-0.39, 0.29) is 0 Å². The minimum atomic E-state index is 0.356. The number of benzene rings is 1. The molecule has 0 fully saturated rings. The molecule has 0 spiro atoms. The maximum absolute atomic E-state index is 3.63. The van der Waals surface area contributed by atoms with E-state index in [1.807, 2.05) is 0 Å². The predicted molar refractivity (Wildman–Crippen MR) is 70.1 cm³/mol. The van der Waals surface area contributed by atoms with Gasteiger partial charge in [0.05, 0.1) is 6.04 Å². The first-order chi connectivity index (χ1) is 8.40. The molecular formula is C15H18N2. The molecule has 88 valence electrons. The molecule has 1 aromatic carbocycles. The Morgan fingerprint density at radius 2 is 2.06 bits per heavy atom. The van der Waals surface area contributed by atoms with Crippen LogP contribution in [0, 0.1) is 0 Å². The SMILES string of the molecule is CCc1ccn2c1C(c1ccccc1)NCC2. The van der Waals surface area contributed by atoms with Gasteiger partial charge in [-0.3, -0.25) is 0 Å². The van der Waals surface area contributed by atoms with Gasteiger partial charge >= 0.3 is 0 Å². The van der Waals surface area contributed by atoms with Gasteiger partial charge in [0.15, 0.2) is 0 Å². The van der Waals surface area contributed by atoms with E-state index in [1.54, 1.807) is 0 Å². The molecule has 1 atom stereocenters. The van der Waals surface area contributed by atoms with Gasteiger partial charge in [0, 0.05) is 25.0 Å². The highest BCUT2D eigenvalue weighted by atomic mass is 15.1. The molecular weight excluding hydrogens is 208 g/mol. The Balaban J connectivity index is 2.07. The number of nitrogens with zero attached hydrogens (tertiary/aromatic N) is 1. The van der Waals surface area contributed by atoms with E-state index < -0.39 is 0 Å². The van der Waals surface area contributed by atoms with Crippen molar-refractivity contribution >= 4 is 0 Å². The number of nitrogens with one attached hydrogen (secondary N) is 1. The third kappa shape index (κ3) is 1.79. The number of hydrogen-bond donors (Lipinski definition) is 1. The zero-order valence-corrected chi connectivity index (χ0v) is 10.2. The lowest BCUT2D eigenvalue weighted by molar-refractivity contribution is 0.464. The van der Waals surface area contributed by atoms with Crippen molar-refractivity contribution in [2.24, 2.45) is 0 Å². The van der Waals surface area contributed by atoms with Crippen LogP contribution >= 0.6 is 0 Å². The van der Waals surface area contributed by atoms with Crippen molar-refractivity contribution in [2.45, 2.75) is 25.9 Å². The molecule has 1 aliphatic heterocycles. The second-order valence-corrected chi connectivity index (χ2v) is 4.57. The fourth-order valence-corrected chi connectivity index (χ4v) is 2.72. The second kappa shape index (κ2) is 4.38. The van der Waals surface area contributed by atoms with Gasteiger partial charge in [-0.25, -0.2) is 0 Å². The molecule has 1 aromatic heterocycles. The van der Waals surface area contributed by atoms with Crippen molar-refractivity contribution < 1.29 is 0 Å². The Labute approximate surface area is 102 Å². The second-order valence-electron chi connectivity index (χ2n) is 4.57. The van der Waals surface area contributed by atoms with Crippen LogP contribution in [0.3, 0.4) is 0 Å². The first-order valence-corrected chi connectivity index (χ1v) is 6.36. The number of fused-ring (bicyclic) bond motifs is 1. The van der Waals surface area contributed by atoms with Crippen LogP contribution in [-0.4, -0.2) is 11.1 Å². The lowest BCUT2D eigenvalue weighted by Crippen LogP contribution is -2.34. The Bertz CT molecular complexity index is 485. The summed E-state index contributed by atoms with van der Waals surface area (Å²) in [4.78, 5) is 0. The van der Waals surface area contributed by atoms with E-state index in [0.29, 0.717) is 6.04 Å². The third-order valence-electron chi connectivity index (χ3n) is 3.58. The predicted octanol–water partition coefficient (Wildman–Crippen LogP) is 2.74. The largest absolute Gasteiger partial charge is 0.348 e. The van der Waals surface area contributed by atoms with Crippen LogP contribution in [0.15, 0.2) is 42.6 Å². The molecule has 0 amide bonds. The van der Waals surface area contributed by atoms with E-state index in [0.717, 1.165) is 19.5 Å². The zero-order chi connectivity index (χ0) is 11.7. The molecule has 1 aliphatic rings. The highest BCUT2D eigenvalue weighted by molar-refractivity contribution is 5.35. The summed E-state index contributed by atoms with van der Waals surface area (Å²) in [6.07, 6.45) is 3.33. The molecule has 3 rings (SSSR count). The van der Waals surface area contributed by atoms with Gasteiger partial charge in [0.25, 0.3) is 0 Å². The summed E-state index contributed by atoms with van der Waals surface area (Å²) in [6, 6.07) is 13.3. The first-order valence-electron chi connectivity index (χ1n) is 6.36. The summed E-state index contributed by atoms with van der Waals surface area (Å²) in [7, 11) is 0. The minimum absolute atomic E-state index is 0.356. The molecule has 2 heteroatoms. The molecule has 0 saturated heterocycles. The van der Waals surface area contributed by atoms with E-state index in [4.69, 9.17) is 0 Å². The average molecular weight is 226 g/mol. The number of aromatic nitrogens is 1. The molecule has 0 bridgehead atoms. The van der Waals surface area contributed by atoms with Crippen LogP contribution in [0.1, 0.15) is 29.8 Å². The normalized spacial score (nSPS) is 19.0. The quantitative estimate of drug-likeness (QED) is 0.833. The van der Waals surface area contributed by atoms with Crippen LogP contribution in [0.25, 0.3) is 0 Å². The summed E-state index contributed by atoms with van der Waals surface area (Å²) >= 11 is 0. The lowest BCUT2D eigenvalue weighted by atomic mass is 9.98. The molecule has 0 aliphatic carbocycles. The van der Waals surface area contributed by atoms with E-state index in [2.05, 4.69) is 59.4 Å². The standard InChI is InChI=1S/C15H18N2/c1-2-12-8-10-17-11-9-16-14(15(12)17)13-6-4-3-5-7-13/h3-8,10,14,16H,2,9,11H2,1H3. The smallest absolute Gasteiger partial charge is 0.0734 e. The van der Waals surface area contributed by atoms with Crippen molar-refractivity contribution in [1.29, 1.82) is 0 Å². The number of rotatable bonds is 2. The van der Waals surface area contributed by atoms with Gasteiger partial charge in [-0.05, 0) is 23.6 Å². The molecule has 1 N–H and O–H groups in total. The molecule has 17 heavy (non-hydrogen) atoms. The van der Waals surface area contributed by atoms with Gasteiger partial charge in [0.2, 0.25) is 0 Å². The Morgan fingerprint density at radius 1 is 1.24 bits per heavy atom. The number of aryl methyl sites for hydroxylation is 1. The van der Waals surface area contributed by atoms with Gasteiger partial charge in [-0.2, -0.15) is 0 Å². The molecule has 2 nitrogen and oxygen atoms in total. The summed E-state index contributed by atoms with van der Waals surface area (Å²) < 4.78 is 2.40. The van der Waals surface area contributed by atoms with E-state index in [9.17, 15) is 0 Å². The highest BCUT2D eigenvalue weighted by Gasteiger charge is 2.23. The Hall–Kier alpha value is -1.54. The fraction of sp³-hybridized carbons (Fsp3) is 0.333. The van der Waals surface area contributed by atoms with Crippen molar-refractivity contribution in [2.75, 3.05) is 6.54 Å². The average Bonchev–Trinajstić information content (AvgIpc) is 2.82. The van der Waals surface area contributed by atoms with Gasteiger partial charge in [0.1, 0.15) is 0 Å². The van der Waals surface area contributed by atoms with Crippen molar-refractivity contribution in [3.05, 3.63) is 59.4 Å². The van der Waals surface area contributed by atoms with Crippen molar-refractivity contribution in [1.82, 2.24) is 9.88 Å². The van der Waals surface area contributed by atoms with Crippen LogP contribution in [0.5, 0.6) is 0 Å². The van der Waals surface area contributed by atoms with Crippen molar-refractivity contribution in [3.8, 4) is 0 Å². The maximum Gasteiger partial charge on any atom is 0.0734 e. The Kier molecular flexibility index (Phi) is 2.73. The third-order valence-corrected chi connectivity index (χ3v) is 3.58. The molecule has 0 saturated carbocycles. The summed E-state index contributed by atoms with van der Waals surface area (Å²) in [5.74, 6) is 0. The van der Waals surface area contributed by atoms with E-state index >= 15 is 0 Å². The minimum Gasteiger partial charge on any atom is -0.348 e. The fourth-order valence-electron chi connectivity index (χ4n) is 2.72. The topological polar surface area (TPSA) is 17.0 Å². The monoisotopic (exact) mass is 226 g/mol. The van der Waals surface area contributed by atoms with Gasteiger partial charge < -0.3 is 9.88 Å². The van der Waals surface area contributed by atoms with E-state index in [1.165, 1.54) is 16.8 Å². The van der Waals surface area contributed by atoms with Gasteiger partial charge in [-0.1, -0.05) is 37.3 Å². The highest BCUT2D eigenvalue weighted by Crippen LogP contribution is 2.28. The Morgan fingerprint density at radius 3 is 2.82 bits per heavy atom. The summed E-state index contributed by atoms with van der Waals surface area (Å²) in [5, 5.41) is 3.63. The van der Waals surface area contributed by atoms with Crippen LogP contribution in [0.4, 0.5) is 0 Å². The maximum atomic E-state index is 3.63. The lowest BCUT2D eigenvalue weighted by Gasteiger charge is -2.28. The first kappa shape index (κ1) is 10.6. The van der Waals surface area contributed by atoms with Crippen LogP contribution < -0.4 is 5.32 Å².